The summed E-state index contributed by atoms with van der Waals surface area (Å²) >= 11 is 0. The van der Waals surface area contributed by atoms with Gasteiger partial charge in [0, 0.05) is 26.1 Å². The molecule has 5 nitrogen and oxygen atoms in total. The van der Waals surface area contributed by atoms with Gasteiger partial charge in [-0.3, -0.25) is 4.79 Å². The van der Waals surface area contributed by atoms with Crippen molar-refractivity contribution in [2.24, 2.45) is 0 Å². The van der Waals surface area contributed by atoms with Crippen LogP contribution in [0.1, 0.15) is 26.2 Å². The van der Waals surface area contributed by atoms with Crippen molar-refractivity contribution in [3.8, 4) is 5.75 Å². The Morgan fingerprint density at radius 3 is 3.00 bits per heavy atom. The molecule has 1 aliphatic heterocycles. The van der Waals surface area contributed by atoms with Crippen LogP contribution in [0.25, 0.3) is 0 Å². The van der Waals surface area contributed by atoms with Gasteiger partial charge in [0.2, 0.25) is 5.91 Å². The maximum atomic E-state index is 11.5. The molecular weight excluding hydrogens is 254 g/mol. The average Bonchev–Trinajstić information content (AvgIpc) is 2.44. The van der Waals surface area contributed by atoms with Crippen molar-refractivity contribution >= 4 is 17.3 Å². The zero-order valence-electron chi connectivity index (χ0n) is 12.2. The number of piperidine rings is 1. The Hall–Kier alpha value is -1.91. The molecule has 1 fully saturated rings. The third-order valence-electron chi connectivity index (χ3n) is 3.51. The van der Waals surface area contributed by atoms with E-state index in [0.717, 1.165) is 24.3 Å². The molecule has 0 aliphatic carbocycles. The summed E-state index contributed by atoms with van der Waals surface area (Å²) in [5, 5.41) is 3.42. The van der Waals surface area contributed by atoms with Crippen LogP contribution in [0.2, 0.25) is 0 Å². The second-order valence-corrected chi connectivity index (χ2v) is 5.22. The number of likely N-dealkylation sites (tertiary alicyclic amines) is 1. The fourth-order valence-corrected chi connectivity index (χ4v) is 2.36. The number of ether oxygens (including phenoxy) is 1. The smallest absolute Gasteiger partial charge is 0.222 e. The Balaban J connectivity index is 2.04. The van der Waals surface area contributed by atoms with E-state index >= 15 is 0 Å². The molecule has 1 atom stereocenters. The second-order valence-electron chi connectivity index (χ2n) is 5.22. The van der Waals surface area contributed by atoms with Crippen molar-refractivity contribution < 1.29 is 9.53 Å². The van der Waals surface area contributed by atoms with Crippen LogP contribution in [-0.2, 0) is 4.79 Å². The monoisotopic (exact) mass is 277 g/mol. The Labute approximate surface area is 120 Å². The molecule has 1 aromatic rings. The minimum Gasteiger partial charge on any atom is -0.491 e. The molecule has 1 saturated heterocycles. The van der Waals surface area contributed by atoms with Gasteiger partial charge < -0.3 is 20.7 Å². The lowest BCUT2D eigenvalue weighted by atomic mass is 10.1. The number of para-hydroxylation sites is 1. The summed E-state index contributed by atoms with van der Waals surface area (Å²) in [6.45, 7) is 3.43. The number of nitrogens with two attached hydrogens (primary N) is 1. The summed E-state index contributed by atoms with van der Waals surface area (Å²) < 4.78 is 5.62. The molecule has 1 unspecified atom stereocenters. The minimum absolute atomic E-state index is 0.205. The van der Waals surface area contributed by atoms with E-state index in [0.29, 0.717) is 25.3 Å². The molecule has 0 saturated carbocycles. The van der Waals surface area contributed by atoms with Gasteiger partial charge in [-0.2, -0.15) is 0 Å². The first-order valence-corrected chi connectivity index (χ1v) is 7.13. The second kappa shape index (κ2) is 6.50. The summed E-state index contributed by atoms with van der Waals surface area (Å²) in [7, 11) is 1.83. The Morgan fingerprint density at radius 2 is 2.30 bits per heavy atom. The third-order valence-corrected chi connectivity index (χ3v) is 3.51. The van der Waals surface area contributed by atoms with Gasteiger partial charge in [-0.25, -0.2) is 0 Å². The van der Waals surface area contributed by atoms with Crippen LogP contribution in [0, 0.1) is 0 Å². The fourth-order valence-electron chi connectivity index (χ4n) is 2.36. The van der Waals surface area contributed by atoms with Crippen molar-refractivity contribution in [2.45, 2.75) is 32.2 Å². The summed E-state index contributed by atoms with van der Waals surface area (Å²) in [4.78, 5) is 13.2. The van der Waals surface area contributed by atoms with E-state index in [1.807, 2.05) is 25.2 Å². The van der Waals surface area contributed by atoms with Gasteiger partial charge in [0.1, 0.15) is 5.75 Å². The van der Waals surface area contributed by atoms with Gasteiger partial charge >= 0.3 is 0 Å². The summed E-state index contributed by atoms with van der Waals surface area (Å²) in [6, 6.07) is 6.00. The minimum atomic E-state index is 0.205. The Morgan fingerprint density at radius 1 is 1.50 bits per heavy atom. The molecule has 1 amide bonds. The lowest BCUT2D eigenvalue weighted by Gasteiger charge is -2.31. The zero-order chi connectivity index (χ0) is 14.5. The highest BCUT2D eigenvalue weighted by Gasteiger charge is 2.23. The maximum absolute atomic E-state index is 11.5. The molecular formula is C15H23N3O2. The van der Waals surface area contributed by atoms with Gasteiger partial charge in [-0.1, -0.05) is 13.0 Å². The summed E-state index contributed by atoms with van der Waals surface area (Å²) in [5.74, 6) is 0.924. The molecule has 2 rings (SSSR count). The van der Waals surface area contributed by atoms with E-state index in [1.165, 1.54) is 0 Å². The number of nitrogens with one attached hydrogen (secondary N) is 1. The molecule has 1 heterocycles. The van der Waals surface area contributed by atoms with Crippen molar-refractivity contribution in [3.63, 3.8) is 0 Å². The molecule has 1 aliphatic rings. The van der Waals surface area contributed by atoms with Crippen molar-refractivity contribution in [3.05, 3.63) is 18.2 Å². The van der Waals surface area contributed by atoms with E-state index in [2.05, 4.69) is 12.2 Å². The zero-order valence-corrected chi connectivity index (χ0v) is 12.2. The first kappa shape index (κ1) is 14.5. The maximum Gasteiger partial charge on any atom is 0.222 e. The van der Waals surface area contributed by atoms with E-state index in [-0.39, 0.29) is 11.9 Å². The van der Waals surface area contributed by atoms with E-state index in [1.54, 1.807) is 4.90 Å². The number of hydrogen-bond donors (Lipinski definition) is 2. The number of likely N-dealkylation sites (N-methyl/N-ethyl adjacent to an activating group) is 1. The van der Waals surface area contributed by atoms with Gasteiger partial charge in [0.25, 0.3) is 0 Å². The first-order valence-electron chi connectivity index (χ1n) is 7.13. The van der Waals surface area contributed by atoms with E-state index in [9.17, 15) is 4.79 Å². The van der Waals surface area contributed by atoms with Crippen LogP contribution >= 0.6 is 0 Å². The fraction of sp³-hybridized carbons (Fsp3) is 0.533. The predicted molar refractivity (Wildman–Crippen MR) is 80.9 cm³/mol. The molecule has 5 heteroatoms. The standard InChI is InChI=1S/C15H23N3O2/c1-3-9-20-13-6-4-5-12(15(13)16)17-11-7-8-14(19)18(2)10-11/h4-6,11,17H,3,7-10,16H2,1-2H3. The van der Waals surface area contributed by atoms with Crippen LogP contribution in [0.5, 0.6) is 5.75 Å². The van der Waals surface area contributed by atoms with Gasteiger partial charge in [-0.15, -0.1) is 0 Å². The highest BCUT2D eigenvalue weighted by molar-refractivity contribution is 5.77. The lowest BCUT2D eigenvalue weighted by Crippen LogP contribution is -2.43. The molecule has 0 aromatic heterocycles. The number of amides is 1. The van der Waals surface area contributed by atoms with Gasteiger partial charge in [-0.05, 0) is 25.0 Å². The average molecular weight is 277 g/mol. The number of carbonyl (C=O) groups excluding carboxylic acids is 1. The number of hydrogen-bond acceptors (Lipinski definition) is 4. The number of anilines is 2. The topological polar surface area (TPSA) is 67.6 Å². The largest absolute Gasteiger partial charge is 0.491 e. The molecule has 20 heavy (non-hydrogen) atoms. The van der Waals surface area contributed by atoms with E-state index < -0.39 is 0 Å². The molecule has 0 spiro atoms. The third kappa shape index (κ3) is 3.35. The quantitative estimate of drug-likeness (QED) is 0.809. The van der Waals surface area contributed by atoms with Crippen LogP contribution in [-0.4, -0.2) is 37.0 Å². The van der Waals surface area contributed by atoms with Crippen LogP contribution in [0.3, 0.4) is 0 Å². The SMILES string of the molecule is CCCOc1cccc(NC2CCC(=O)N(C)C2)c1N. The highest BCUT2D eigenvalue weighted by Crippen LogP contribution is 2.30. The van der Waals surface area contributed by atoms with Crippen molar-refractivity contribution in [2.75, 3.05) is 31.2 Å². The number of benzene rings is 1. The molecule has 0 radical (unpaired) electrons. The van der Waals surface area contributed by atoms with Crippen molar-refractivity contribution in [1.29, 1.82) is 0 Å². The summed E-state index contributed by atoms with van der Waals surface area (Å²) in [6.07, 6.45) is 2.37. The first-order chi connectivity index (χ1) is 9.61. The Bertz CT molecular complexity index is 476. The number of nitrogen functional groups attached to an aromatic ring is 1. The van der Waals surface area contributed by atoms with Gasteiger partial charge in [0.05, 0.1) is 18.0 Å². The molecule has 3 N–H and O–H groups in total. The molecule has 110 valence electrons. The van der Waals surface area contributed by atoms with Crippen LogP contribution in [0.15, 0.2) is 18.2 Å². The van der Waals surface area contributed by atoms with Crippen LogP contribution < -0.4 is 15.8 Å². The normalized spacial score (nSPS) is 19.0. The lowest BCUT2D eigenvalue weighted by molar-refractivity contribution is -0.132. The number of carbonyl (C=O) groups is 1. The van der Waals surface area contributed by atoms with Gasteiger partial charge in [0.15, 0.2) is 0 Å². The Kier molecular flexibility index (Phi) is 4.71. The predicted octanol–water partition coefficient (Wildman–Crippen LogP) is 2.09. The summed E-state index contributed by atoms with van der Waals surface area (Å²) in [5.41, 5.74) is 7.66. The number of nitrogens with zero attached hydrogens (tertiary/aromatic N) is 1. The molecule has 0 bridgehead atoms. The highest BCUT2D eigenvalue weighted by atomic mass is 16.5. The number of rotatable bonds is 5. The van der Waals surface area contributed by atoms with Crippen molar-refractivity contribution in [1.82, 2.24) is 4.90 Å². The van der Waals surface area contributed by atoms with Crippen LogP contribution in [0.4, 0.5) is 11.4 Å². The van der Waals surface area contributed by atoms with E-state index in [4.69, 9.17) is 10.5 Å². The molecule has 1 aromatic carbocycles.